The molecule has 4 aromatic rings. The summed E-state index contributed by atoms with van der Waals surface area (Å²) in [4.78, 5) is 16.0. The molecule has 1 aliphatic heterocycles. The molecule has 5 heteroatoms. The fourth-order valence-corrected chi connectivity index (χ4v) is 3.68. The molecule has 1 aromatic carbocycles. The number of rotatable bonds is 3. The lowest BCUT2D eigenvalue weighted by Crippen LogP contribution is -2.31. The summed E-state index contributed by atoms with van der Waals surface area (Å²) in [6, 6.07) is 16.6. The number of imidazole rings is 1. The predicted octanol–water partition coefficient (Wildman–Crippen LogP) is 3.35. The molecular formula is C21H19N5. The second-order valence-corrected chi connectivity index (χ2v) is 6.66. The first-order valence-corrected chi connectivity index (χ1v) is 8.90. The summed E-state index contributed by atoms with van der Waals surface area (Å²) in [5, 5.41) is 0. The van der Waals surface area contributed by atoms with Crippen molar-refractivity contribution in [2.45, 2.75) is 19.5 Å². The van der Waals surface area contributed by atoms with E-state index in [1.807, 2.05) is 18.3 Å². The second-order valence-electron chi connectivity index (χ2n) is 6.66. The zero-order chi connectivity index (χ0) is 17.3. The van der Waals surface area contributed by atoms with Gasteiger partial charge in [0.2, 0.25) is 0 Å². The monoisotopic (exact) mass is 341 g/mol. The Labute approximate surface area is 152 Å². The molecular weight excluding hydrogens is 322 g/mol. The molecule has 26 heavy (non-hydrogen) atoms. The Kier molecular flexibility index (Phi) is 3.72. The van der Waals surface area contributed by atoms with Crippen LogP contribution in [0, 0.1) is 0 Å². The third kappa shape index (κ3) is 2.66. The highest BCUT2D eigenvalue weighted by Gasteiger charge is 2.21. The van der Waals surface area contributed by atoms with Crippen molar-refractivity contribution in [2.75, 3.05) is 6.54 Å². The SMILES string of the molecule is c1ccc(-c2nc3ccccn3c2CN2CCc3cncnc3C2)cc1. The van der Waals surface area contributed by atoms with Gasteiger partial charge in [0.05, 0.1) is 17.1 Å². The Bertz CT molecular complexity index is 1050. The molecule has 0 unspecified atom stereocenters. The van der Waals surface area contributed by atoms with Crippen LogP contribution in [0.4, 0.5) is 0 Å². The summed E-state index contributed by atoms with van der Waals surface area (Å²) in [6.07, 6.45) is 6.69. The topological polar surface area (TPSA) is 46.3 Å². The van der Waals surface area contributed by atoms with Crippen LogP contribution in [0.2, 0.25) is 0 Å². The van der Waals surface area contributed by atoms with Crippen LogP contribution in [0.15, 0.2) is 67.3 Å². The van der Waals surface area contributed by atoms with Crippen molar-refractivity contribution in [1.82, 2.24) is 24.3 Å². The lowest BCUT2D eigenvalue weighted by molar-refractivity contribution is 0.238. The third-order valence-corrected chi connectivity index (χ3v) is 5.00. The van der Waals surface area contributed by atoms with Crippen LogP contribution in [0.25, 0.3) is 16.9 Å². The van der Waals surface area contributed by atoms with Gasteiger partial charge in [-0.2, -0.15) is 0 Å². The molecule has 0 radical (unpaired) electrons. The Morgan fingerprint density at radius 1 is 1.00 bits per heavy atom. The standard InChI is InChI=1S/C21H19N5/c1-2-6-16(7-3-1)21-19(26-10-5-4-8-20(26)24-21)14-25-11-9-17-12-22-15-23-18(17)13-25/h1-8,10,12,15H,9,11,13-14H2. The minimum atomic E-state index is 0.846. The van der Waals surface area contributed by atoms with Crippen molar-refractivity contribution in [3.05, 3.63) is 84.2 Å². The maximum Gasteiger partial charge on any atom is 0.137 e. The number of aromatic nitrogens is 4. The first-order chi connectivity index (χ1) is 12.9. The van der Waals surface area contributed by atoms with E-state index in [1.54, 1.807) is 6.33 Å². The molecule has 3 aromatic heterocycles. The smallest absolute Gasteiger partial charge is 0.137 e. The Morgan fingerprint density at radius 3 is 2.81 bits per heavy atom. The van der Waals surface area contributed by atoms with Crippen molar-refractivity contribution in [3.63, 3.8) is 0 Å². The molecule has 0 atom stereocenters. The van der Waals surface area contributed by atoms with Crippen LogP contribution in [0.3, 0.4) is 0 Å². The fourth-order valence-electron chi connectivity index (χ4n) is 3.68. The molecule has 0 saturated carbocycles. The summed E-state index contributed by atoms with van der Waals surface area (Å²) >= 11 is 0. The normalized spacial score (nSPS) is 14.5. The highest BCUT2D eigenvalue weighted by atomic mass is 15.2. The van der Waals surface area contributed by atoms with E-state index in [4.69, 9.17) is 4.98 Å². The van der Waals surface area contributed by atoms with Gasteiger partial charge in [-0.1, -0.05) is 36.4 Å². The molecule has 0 amide bonds. The van der Waals surface area contributed by atoms with Gasteiger partial charge in [0.15, 0.2) is 0 Å². The van der Waals surface area contributed by atoms with Gasteiger partial charge < -0.3 is 4.40 Å². The number of benzene rings is 1. The quantitative estimate of drug-likeness (QED) is 0.573. The molecule has 0 fully saturated rings. The highest BCUT2D eigenvalue weighted by molar-refractivity contribution is 5.66. The van der Waals surface area contributed by atoms with E-state index in [1.165, 1.54) is 11.3 Å². The summed E-state index contributed by atoms with van der Waals surface area (Å²) in [5.41, 5.74) is 6.84. The Morgan fingerprint density at radius 2 is 1.88 bits per heavy atom. The summed E-state index contributed by atoms with van der Waals surface area (Å²) in [5.74, 6) is 0. The molecule has 0 bridgehead atoms. The molecule has 0 saturated heterocycles. The summed E-state index contributed by atoms with van der Waals surface area (Å²) in [7, 11) is 0. The number of fused-ring (bicyclic) bond motifs is 2. The number of hydrogen-bond donors (Lipinski definition) is 0. The molecule has 1 aliphatic rings. The molecule has 0 N–H and O–H groups in total. The first-order valence-electron chi connectivity index (χ1n) is 8.90. The molecule has 5 nitrogen and oxygen atoms in total. The lowest BCUT2D eigenvalue weighted by atomic mass is 10.1. The fraction of sp³-hybridized carbons (Fsp3) is 0.190. The molecule has 0 spiro atoms. The lowest BCUT2D eigenvalue weighted by Gasteiger charge is -2.27. The highest BCUT2D eigenvalue weighted by Crippen LogP contribution is 2.27. The van der Waals surface area contributed by atoms with Crippen LogP contribution in [-0.4, -0.2) is 30.8 Å². The van der Waals surface area contributed by atoms with Crippen molar-refractivity contribution in [3.8, 4) is 11.3 Å². The first kappa shape index (κ1) is 15.2. The zero-order valence-corrected chi connectivity index (χ0v) is 14.4. The van der Waals surface area contributed by atoms with Crippen LogP contribution >= 0.6 is 0 Å². The second kappa shape index (κ2) is 6.35. The molecule has 4 heterocycles. The number of nitrogens with zero attached hydrogens (tertiary/aromatic N) is 5. The van der Waals surface area contributed by atoms with Crippen LogP contribution in [0.1, 0.15) is 17.0 Å². The summed E-state index contributed by atoms with van der Waals surface area (Å²) < 4.78 is 2.21. The van der Waals surface area contributed by atoms with Gasteiger partial charge >= 0.3 is 0 Å². The van der Waals surface area contributed by atoms with Crippen molar-refractivity contribution in [2.24, 2.45) is 0 Å². The van der Waals surface area contributed by atoms with Gasteiger partial charge in [-0.05, 0) is 24.1 Å². The Hall–Kier alpha value is -3.05. The predicted molar refractivity (Wildman–Crippen MR) is 100 cm³/mol. The van der Waals surface area contributed by atoms with E-state index in [2.05, 4.69) is 61.9 Å². The van der Waals surface area contributed by atoms with Crippen LogP contribution in [0.5, 0.6) is 0 Å². The average Bonchev–Trinajstić information content (AvgIpc) is 3.07. The van der Waals surface area contributed by atoms with Crippen molar-refractivity contribution in [1.29, 1.82) is 0 Å². The molecule has 128 valence electrons. The summed E-state index contributed by atoms with van der Waals surface area (Å²) in [6.45, 7) is 2.71. The third-order valence-electron chi connectivity index (χ3n) is 5.00. The minimum Gasteiger partial charge on any atom is -0.302 e. The number of pyridine rings is 1. The van der Waals surface area contributed by atoms with Gasteiger partial charge in [-0.3, -0.25) is 4.90 Å². The largest absolute Gasteiger partial charge is 0.302 e. The van der Waals surface area contributed by atoms with Crippen LogP contribution in [-0.2, 0) is 19.5 Å². The maximum atomic E-state index is 4.90. The van der Waals surface area contributed by atoms with Crippen molar-refractivity contribution >= 4 is 5.65 Å². The van der Waals surface area contributed by atoms with Crippen LogP contribution < -0.4 is 0 Å². The van der Waals surface area contributed by atoms with Gasteiger partial charge in [0, 0.05) is 37.6 Å². The van der Waals surface area contributed by atoms with E-state index in [9.17, 15) is 0 Å². The van der Waals surface area contributed by atoms with E-state index in [0.717, 1.165) is 48.7 Å². The van der Waals surface area contributed by atoms with E-state index < -0.39 is 0 Å². The van der Waals surface area contributed by atoms with Gasteiger partial charge in [-0.15, -0.1) is 0 Å². The van der Waals surface area contributed by atoms with Gasteiger partial charge in [0.1, 0.15) is 12.0 Å². The van der Waals surface area contributed by atoms with Crippen molar-refractivity contribution < 1.29 is 0 Å². The van der Waals surface area contributed by atoms with E-state index in [0.29, 0.717) is 0 Å². The molecule has 0 aliphatic carbocycles. The van der Waals surface area contributed by atoms with E-state index in [-0.39, 0.29) is 0 Å². The van der Waals surface area contributed by atoms with E-state index >= 15 is 0 Å². The van der Waals surface area contributed by atoms with Gasteiger partial charge in [-0.25, -0.2) is 15.0 Å². The molecule has 5 rings (SSSR count). The Balaban J connectivity index is 1.54. The van der Waals surface area contributed by atoms with Gasteiger partial charge in [0.25, 0.3) is 0 Å². The average molecular weight is 341 g/mol. The minimum absolute atomic E-state index is 0.846. The number of hydrogen-bond acceptors (Lipinski definition) is 4. The maximum absolute atomic E-state index is 4.90. The zero-order valence-electron chi connectivity index (χ0n) is 14.4.